The number of benzene rings is 2. The lowest BCUT2D eigenvalue weighted by Gasteiger charge is -2.40. The van der Waals surface area contributed by atoms with Gasteiger partial charge in [0, 0.05) is 5.56 Å². The summed E-state index contributed by atoms with van der Waals surface area (Å²) in [5, 5.41) is 0. The minimum absolute atomic E-state index is 0.104. The Kier molecular flexibility index (Phi) is 5.75. The minimum atomic E-state index is -5.04. The average Bonchev–Trinajstić information content (AvgIpc) is 2.63. The second-order valence-electron chi connectivity index (χ2n) is 7.18. The highest BCUT2D eigenvalue weighted by Gasteiger charge is 2.52. The van der Waals surface area contributed by atoms with Crippen molar-refractivity contribution in [1.82, 2.24) is 0 Å². The third-order valence-electron chi connectivity index (χ3n) is 5.42. The predicted octanol–water partition coefficient (Wildman–Crippen LogP) is 6.73. The van der Waals surface area contributed by atoms with Gasteiger partial charge in [0.2, 0.25) is 0 Å². The zero-order valence-electron chi connectivity index (χ0n) is 15.1. The van der Waals surface area contributed by atoms with Crippen LogP contribution in [-0.4, -0.2) is 24.3 Å². The second-order valence-corrected chi connectivity index (χ2v) is 7.18. The minimum Gasteiger partial charge on any atom is -0.285 e. The quantitative estimate of drug-likeness (QED) is 0.515. The third kappa shape index (κ3) is 4.35. The van der Waals surface area contributed by atoms with Crippen LogP contribution in [0.2, 0.25) is 0 Å². The molecule has 4 atom stereocenters. The second kappa shape index (κ2) is 7.78. The summed E-state index contributed by atoms with van der Waals surface area (Å²) < 4.78 is 84.7. The Morgan fingerprint density at radius 3 is 2.36 bits per heavy atom. The van der Waals surface area contributed by atoms with Gasteiger partial charge >= 0.3 is 6.36 Å². The van der Waals surface area contributed by atoms with Gasteiger partial charge in [-0.3, -0.25) is 4.74 Å². The molecule has 0 radical (unpaired) electrons. The van der Waals surface area contributed by atoms with Crippen molar-refractivity contribution in [3.05, 3.63) is 59.9 Å². The van der Waals surface area contributed by atoms with E-state index in [-0.39, 0.29) is 12.8 Å². The average molecular weight is 402 g/mol. The maximum atomic E-state index is 14.9. The molecule has 3 rings (SSSR count). The Balaban J connectivity index is 1.74. The summed E-state index contributed by atoms with van der Waals surface area (Å²) in [6, 6.07) is 13.4. The van der Waals surface area contributed by atoms with E-state index in [2.05, 4.69) is 4.74 Å². The fraction of sp³-hybridized carbons (Fsp3) is 0.429. The van der Waals surface area contributed by atoms with Gasteiger partial charge in [-0.1, -0.05) is 42.5 Å². The largest absolute Gasteiger partial charge is 0.522 e. The molecule has 0 aromatic heterocycles. The summed E-state index contributed by atoms with van der Waals surface area (Å²) in [4.78, 5) is 0. The molecule has 1 fully saturated rings. The fourth-order valence-corrected chi connectivity index (χ4v) is 3.81. The molecule has 0 saturated heterocycles. The first-order chi connectivity index (χ1) is 13.1. The summed E-state index contributed by atoms with van der Waals surface area (Å²) in [7, 11) is 0. The van der Waals surface area contributed by atoms with E-state index < -0.39 is 42.5 Å². The number of alkyl halides is 5. The van der Waals surface area contributed by atoms with E-state index in [4.69, 9.17) is 0 Å². The first kappa shape index (κ1) is 20.7. The molecule has 0 heterocycles. The summed E-state index contributed by atoms with van der Waals surface area (Å²) in [6.07, 6.45) is -9.79. The van der Waals surface area contributed by atoms with Gasteiger partial charge in [0.1, 0.15) is 18.1 Å². The van der Waals surface area contributed by atoms with E-state index in [0.717, 1.165) is 6.92 Å². The van der Waals surface area contributed by atoms with Crippen LogP contribution in [0.3, 0.4) is 0 Å². The molecule has 0 amide bonds. The molecule has 0 N–H and O–H groups in total. The fourth-order valence-electron chi connectivity index (χ4n) is 3.81. The first-order valence-electron chi connectivity index (χ1n) is 9.02. The molecule has 0 spiro atoms. The van der Waals surface area contributed by atoms with E-state index in [1.54, 1.807) is 36.4 Å². The van der Waals surface area contributed by atoms with Crippen LogP contribution >= 0.6 is 0 Å². The lowest BCUT2D eigenvalue weighted by atomic mass is 9.73. The van der Waals surface area contributed by atoms with Crippen LogP contribution in [0.15, 0.2) is 48.5 Å². The van der Waals surface area contributed by atoms with Crippen LogP contribution in [0.25, 0.3) is 11.1 Å². The third-order valence-corrected chi connectivity index (χ3v) is 5.42. The molecule has 4 unspecified atom stereocenters. The molecule has 1 saturated carbocycles. The highest BCUT2D eigenvalue weighted by Crippen LogP contribution is 2.45. The van der Waals surface area contributed by atoms with Gasteiger partial charge in [-0.05, 0) is 49.3 Å². The lowest BCUT2D eigenvalue weighted by molar-refractivity contribution is -0.357. The first-order valence-corrected chi connectivity index (χ1v) is 9.02. The summed E-state index contributed by atoms with van der Waals surface area (Å²) in [5.74, 6) is -0.957. The van der Waals surface area contributed by atoms with Crippen LogP contribution in [-0.2, 0) is 4.74 Å². The van der Waals surface area contributed by atoms with Crippen molar-refractivity contribution in [1.29, 1.82) is 0 Å². The van der Waals surface area contributed by atoms with Gasteiger partial charge in [-0.15, -0.1) is 13.2 Å². The molecule has 1 aliphatic rings. The zero-order valence-corrected chi connectivity index (χ0v) is 15.1. The maximum absolute atomic E-state index is 14.9. The van der Waals surface area contributed by atoms with E-state index in [1.165, 1.54) is 6.07 Å². The van der Waals surface area contributed by atoms with E-state index in [9.17, 15) is 26.3 Å². The molecular weight excluding hydrogens is 382 g/mol. The van der Waals surface area contributed by atoms with E-state index >= 15 is 0 Å². The molecular formula is C21H20F6O. The molecule has 2 aromatic rings. The van der Waals surface area contributed by atoms with Crippen molar-refractivity contribution < 1.29 is 31.1 Å². The van der Waals surface area contributed by atoms with Crippen LogP contribution in [0, 0.1) is 5.82 Å². The molecule has 7 heteroatoms. The Bertz CT molecular complexity index is 806. The molecule has 0 bridgehead atoms. The zero-order chi connectivity index (χ0) is 20.5. The van der Waals surface area contributed by atoms with Crippen molar-refractivity contribution in [2.45, 2.75) is 56.4 Å². The summed E-state index contributed by atoms with van der Waals surface area (Å²) in [5.41, 5.74) is -1.14. The van der Waals surface area contributed by atoms with Crippen molar-refractivity contribution in [3.63, 3.8) is 0 Å². The number of hydrogen-bond donors (Lipinski definition) is 0. The van der Waals surface area contributed by atoms with Crippen LogP contribution in [0.4, 0.5) is 26.3 Å². The van der Waals surface area contributed by atoms with Gasteiger partial charge in [-0.2, -0.15) is 0 Å². The van der Waals surface area contributed by atoms with Gasteiger partial charge in [0.05, 0.1) is 0 Å². The van der Waals surface area contributed by atoms with Crippen molar-refractivity contribution in [2.75, 3.05) is 0 Å². The van der Waals surface area contributed by atoms with Crippen molar-refractivity contribution >= 4 is 0 Å². The monoisotopic (exact) mass is 402 g/mol. The van der Waals surface area contributed by atoms with E-state index in [1.807, 2.05) is 6.07 Å². The molecule has 1 aliphatic carbocycles. The number of halogens is 6. The Morgan fingerprint density at radius 1 is 1.11 bits per heavy atom. The molecule has 1 nitrogen and oxygen atoms in total. The Morgan fingerprint density at radius 2 is 1.79 bits per heavy atom. The highest BCUT2D eigenvalue weighted by atomic mass is 19.4. The van der Waals surface area contributed by atoms with Crippen LogP contribution in [0.5, 0.6) is 0 Å². The SMILES string of the molecule is CC(OC(F)(F)F)C1(F)CCC(c2ccc(-c3ccccc3)c(F)c2)CC1F. The molecule has 28 heavy (non-hydrogen) atoms. The normalized spacial score (nSPS) is 26.8. The Labute approximate surface area is 159 Å². The number of hydrogen-bond acceptors (Lipinski definition) is 1. The molecule has 0 aliphatic heterocycles. The van der Waals surface area contributed by atoms with Gasteiger partial charge < -0.3 is 0 Å². The van der Waals surface area contributed by atoms with Crippen LogP contribution in [0.1, 0.15) is 37.7 Å². The highest BCUT2D eigenvalue weighted by molar-refractivity contribution is 5.64. The number of ether oxygens (including phenoxy) is 1. The molecule has 152 valence electrons. The topological polar surface area (TPSA) is 9.23 Å². The van der Waals surface area contributed by atoms with Gasteiger partial charge in [0.15, 0.2) is 5.67 Å². The van der Waals surface area contributed by atoms with Gasteiger partial charge in [-0.25, -0.2) is 13.2 Å². The molecule has 2 aromatic carbocycles. The van der Waals surface area contributed by atoms with Crippen molar-refractivity contribution in [3.8, 4) is 11.1 Å². The van der Waals surface area contributed by atoms with Crippen molar-refractivity contribution in [2.24, 2.45) is 0 Å². The maximum Gasteiger partial charge on any atom is 0.522 e. The smallest absolute Gasteiger partial charge is 0.285 e. The lowest BCUT2D eigenvalue weighted by Crippen LogP contribution is -2.51. The van der Waals surface area contributed by atoms with Crippen LogP contribution < -0.4 is 0 Å². The van der Waals surface area contributed by atoms with E-state index in [0.29, 0.717) is 16.7 Å². The Hall–Kier alpha value is -2.02. The standard InChI is InChI=1S/C21H20F6O/c1-13(28-21(25,26)27)20(24)10-9-16(12-19(20)23)15-7-8-17(18(22)11-15)14-5-3-2-4-6-14/h2-8,11,13,16,19H,9-10,12H2,1H3. The summed E-state index contributed by atoms with van der Waals surface area (Å²) in [6.45, 7) is 0.884. The predicted molar refractivity (Wildman–Crippen MR) is 93.8 cm³/mol. The van der Waals surface area contributed by atoms with Gasteiger partial charge in [0.25, 0.3) is 0 Å². The number of rotatable bonds is 4. The summed E-state index contributed by atoms with van der Waals surface area (Å²) >= 11 is 0.